The van der Waals surface area contributed by atoms with E-state index in [-0.39, 0.29) is 12.1 Å². The van der Waals surface area contributed by atoms with Crippen molar-refractivity contribution >= 4 is 11.9 Å². The topological polar surface area (TPSA) is 133 Å². The van der Waals surface area contributed by atoms with E-state index in [4.69, 9.17) is 10.2 Å². The summed E-state index contributed by atoms with van der Waals surface area (Å²) in [4.78, 5) is 25.1. The number of aliphatic carboxylic acids is 2. The first-order valence-corrected chi connectivity index (χ1v) is 10.9. The van der Waals surface area contributed by atoms with Crippen molar-refractivity contribution in [2.75, 3.05) is 20.1 Å². The Balaban J connectivity index is 0.000000208. The Morgan fingerprint density at radius 2 is 1.81 bits per heavy atom. The summed E-state index contributed by atoms with van der Waals surface area (Å²) >= 11 is 0. The van der Waals surface area contributed by atoms with Gasteiger partial charge in [-0.15, -0.1) is 23.0 Å². The van der Waals surface area contributed by atoms with Crippen molar-refractivity contribution in [1.29, 1.82) is 0 Å². The highest BCUT2D eigenvalue weighted by Crippen LogP contribution is 2.35. The summed E-state index contributed by atoms with van der Waals surface area (Å²) in [5.41, 5.74) is 0. The van der Waals surface area contributed by atoms with Crippen molar-refractivity contribution in [3.8, 4) is 12.8 Å². The highest BCUT2D eigenvalue weighted by atomic mass is 16.4. The van der Waals surface area contributed by atoms with E-state index in [1.807, 2.05) is 11.8 Å². The number of carboxylic acids is 2. The number of piperidine rings is 1. The molecule has 4 rings (SSSR count). The monoisotopic (exact) mass is 434 g/mol. The summed E-state index contributed by atoms with van der Waals surface area (Å²) < 4.78 is 0. The van der Waals surface area contributed by atoms with Gasteiger partial charge in [-0.05, 0) is 49.9 Å². The third-order valence-electron chi connectivity index (χ3n) is 6.45. The van der Waals surface area contributed by atoms with Gasteiger partial charge in [0.05, 0.1) is 6.04 Å². The van der Waals surface area contributed by atoms with Crippen LogP contribution < -0.4 is 5.32 Å². The van der Waals surface area contributed by atoms with Crippen molar-refractivity contribution < 1.29 is 19.8 Å². The van der Waals surface area contributed by atoms with Gasteiger partial charge in [-0.25, -0.2) is 0 Å². The average Bonchev–Trinajstić information content (AvgIpc) is 3.42. The van der Waals surface area contributed by atoms with E-state index in [9.17, 15) is 9.59 Å². The molecule has 2 saturated heterocycles. The molecule has 10 heteroatoms. The highest BCUT2D eigenvalue weighted by Gasteiger charge is 2.36. The lowest BCUT2D eigenvalue weighted by Crippen LogP contribution is -2.48. The Hall–Kier alpha value is -2.51. The standard InChI is InChI=1S/C10H17NO2.C9H15N5O2.C2H2/c12-10(13)9-5-7-3-1-2-4-8(7)6-11-9;1-3-8-10-12-14(11-8)6-4-7(9(15)16)13(2)5-6;1-2/h7-9,11H,1-6H2,(H,12,13);6-7H,3-5H2,1-2H3,(H,15,16);1-2H/t7-,8+,9+;6-,7-;/m10./s1. The zero-order chi connectivity index (χ0) is 23.0. The van der Waals surface area contributed by atoms with Crippen molar-refractivity contribution in [1.82, 2.24) is 30.4 Å². The fourth-order valence-electron chi connectivity index (χ4n) is 4.71. The molecule has 3 aliphatic rings. The fraction of sp³-hybridized carbons (Fsp3) is 0.762. The van der Waals surface area contributed by atoms with Crippen LogP contribution in [0.2, 0.25) is 0 Å². The SMILES string of the molecule is C#C.CCc1nnn([C@H]2C[C@@H](C(=O)O)N(C)C2)n1.O=C(O)[C@@H]1C[C@H]2CCCC[C@H]2CN1. The van der Waals surface area contributed by atoms with Gasteiger partial charge < -0.3 is 15.5 Å². The molecule has 10 nitrogen and oxygen atoms in total. The van der Waals surface area contributed by atoms with Crippen LogP contribution in [0.25, 0.3) is 0 Å². The number of tetrazole rings is 1. The first kappa shape index (κ1) is 24.8. The molecule has 1 saturated carbocycles. The summed E-state index contributed by atoms with van der Waals surface area (Å²) in [7, 11) is 1.80. The predicted molar refractivity (Wildman–Crippen MR) is 114 cm³/mol. The van der Waals surface area contributed by atoms with Crippen LogP contribution in [0.4, 0.5) is 0 Å². The van der Waals surface area contributed by atoms with Gasteiger partial charge in [0.25, 0.3) is 0 Å². The third-order valence-corrected chi connectivity index (χ3v) is 6.45. The first-order valence-electron chi connectivity index (χ1n) is 10.9. The Morgan fingerprint density at radius 1 is 1.13 bits per heavy atom. The molecule has 1 aromatic rings. The summed E-state index contributed by atoms with van der Waals surface area (Å²) in [5, 5.41) is 33.0. The number of likely N-dealkylation sites (tertiary alicyclic amines) is 1. The molecule has 0 aromatic carbocycles. The van der Waals surface area contributed by atoms with Crippen molar-refractivity contribution in [3.63, 3.8) is 0 Å². The Kier molecular flexibility index (Phi) is 9.40. The van der Waals surface area contributed by atoms with Gasteiger partial charge in [0.15, 0.2) is 5.82 Å². The molecule has 3 N–H and O–H groups in total. The Labute approximate surface area is 183 Å². The largest absolute Gasteiger partial charge is 0.480 e. The smallest absolute Gasteiger partial charge is 0.320 e. The van der Waals surface area contributed by atoms with Gasteiger partial charge >= 0.3 is 11.9 Å². The maximum atomic E-state index is 10.9. The van der Waals surface area contributed by atoms with Crippen LogP contribution >= 0.6 is 0 Å². The number of hydrogen-bond acceptors (Lipinski definition) is 7. The van der Waals surface area contributed by atoms with Crippen LogP contribution in [0, 0.1) is 24.7 Å². The predicted octanol–water partition coefficient (Wildman–Crippen LogP) is 1.05. The Bertz CT molecular complexity index is 751. The normalized spacial score (nSPS) is 30.1. The molecular formula is C21H34N6O4. The molecule has 1 aromatic heterocycles. The molecule has 5 atom stereocenters. The second-order valence-corrected chi connectivity index (χ2v) is 8.40. The van der Waals surface area contributed by atoms with Crippen molar-refractivity contribution in [2.45, 2.75) is 70.0 Å². The molecule has 3 heterocycles. The third kappa shape index (κ3) is 6.48. The van der Waals surface area contributed by atoms with E-state index in [0.717, 1.165) is 25.3 Å². The van der Waals surface area contributed by atoms with E-state index < -0.39 is 18.0 Å². The quantitative estimate of drug-likeness (QED) is 0.595. The van der Waals surface area contributed by atoms with E-state index >= 15 is 0 Å². The van der Waals surface area contributed by atoms with Gasteiger partial charge in [-0.3, -0.25) is 14.5 Å². The number of carboxylic acid groups (broad SMARTS) is 2. The van der Waals surface area contributed by atoms with Crippen molar-refractivity contribution in [3.05, 3.63) is 5.82 Å². The molecular weight excluding hydrogens is 400 g/mol. The van der Waals surface area contributed by atoms with Gasteiger partial charge in [-0.1, -0.05) is 26.2 Å². The Morgan fingerprint density at radius 3 is 2.35 bits per heavy atom. The summed E-state index contributed by atoms with van der Waals surface area (Å²) in [5.74, 6) is 0.659. The number of terminal acetylenes is 1. The van der Waals surface area contributed by atoms with Crippen LogP contribution in [0.15, 0.2) is 0 Å². The summed E-state index contributed by atoms with van der Waals surface area (Å²) in [6, 6.07) is -0.709. The minimum atomic E-state index is -0.791. The van der Waals surface area contributed by atoms with Gasteiger partial charge in [0.2, 0.25) is 0 Å². The van der Waals surface area contributed by atoms with Gasteiger partial charge in [-0.2, -0.15) is 4.80 Å². The van der Waals surface area contributed by atoms with Crippen LogP contribution in [0.3, 0.4) is 0 Å². The van der Waals surface area contributed by atoms with Crippen LogP contribution in [0.1, 0.15) is 57.3 Å². The van der Waals surface area contributed by atoms with Gasteiger partial charge in [0.1, 0.15) is 12.1 Å². The average molecular weight is 435 g/mol. The van der Waals surface area contributed by atoms with Crippen LogP contribution in [0.5, 0.6) is 0 Å². The maximum absolute atomic E-state index is 10.9. The molecule has 0 radical (unpaired) electrons. The molecule has 31 heavy (non-hydrogen) atoms. The number of likely N-dealkylation sites (N-methyl/N-ethyl adjacent to an activating group) is 1. The van der Waals surface area contributed by atoms with Crippen molar-refractivity contribution in [2.24, 2.45) is 11.8 Å². The number of aryl methyl sites for hydroxylation is 1. The summed E-state index contributed by atoms with van der Waals surface area (Å²) in [6.07, 6.45) is 15.3. The maximum Gasteiger partial charge on any atom is 0.320 e. The number of carbonyl (C=O) groups is 2. The lowest BCUT2D eigenvalue weighted by Gasteiger charge is -2.38. The van der Waals surface area contributed by atoms with Crippen LogP contribution in [-0.2, 0) is 16.0 Å². The minimum absolute atomic E-state index is 0.0129. The fourth-order valence-corrected chi connectivity index (χ4v) is 4.71. The zero-order valence-electron chi connectivity index (χ0n) is 18.4. The second kappa shape index (κ2) is 11.8. The summed E-state index contributed by atoms with van der Waals surface area (Å²) in [6.45, 7) is 3.53. The zero-order valence-corrected chi connectivity index (χ0v) is 18.4. The number of nitrogens with zero attached hydrogens (tertiary/aromatic N) is 5. The van der Waals surface area contributed by atoms with E-state index in [2.05, 4.69) is 33.6 Å². The molecule has 0 unspecified atom stereocenters. The molecule has 0 bridgehead atoms. The van der Waals surface area contributed by atoms with E-state index in [0.29, 0.717) is 24.7 Å². The minimum Gasteiger partial charge on any atom is -0.480 e. The first-order chi connectivity index (χ1) is 14.9. The second-order valence-electron chi connectivity index (χ2n) is 8.40. The number of hydrogen-bond donors (Lipinski definition) is 3. The number of fused-ring (bicyclic) bond motifs is 1. The van der Waals surface area contributed by atoms with E-state index in [1.54, 1.807) is 7.05 Å². The number of rotatable bonds is 4. The molecule has 172 valence electrons. The molecule has 0 spiro atoms. The number of aromatic nitrogens is 4. The molecule has 1 aliphatic carbocycles. The molecule has 2 aliphatic heterocycles. The van der Waals surface area contributed by atoms with Gasteiger partial charge in [0, 0.05) is 13.0 Å². The number of nitrogens with one attached hydrogen (secondary N) is 1. The lowest BCUT2D eigenvalue weighted by atomic mass is 9.74. The van der Waals surface area contributed by atoms with Crippen LogP contribution in [-0.4, -0.2) is 79.5 Å². The molecule has 0 amide bonds. The van der Waals surface area contributed by atoms with E-state index in [1.165, 1.54) is 30.5 Å². The highest BCUT2D eigenvalue weighted by molar-refractivity contribution is 5.74. The lowest BCUT2D eigenvalue weighted by molar-refractivity contribution is -0.142. The molecule has 3 fully saturated rings.